The maximum absolute atomic E-state index is 10.1. The van der Waals surface area contributed by atoms with Crippen molar-refractivity contribution in [3.63, 3.8) is 0 Å². The zero-order chi connectivity index (χ0) is 26.5. The average molecular weight is 556 g/mol. The van der Waals surface area contributed by atoms with Crippen LogP contribution in [-0.4, -0.2) is 43.9 Å². The number of para-hydroxylation sites is 1. The lowest BCUT2D eigenvalue weighted by Gasteiger charge is -2.28. The highest BCUT2D eigenvalue weighted by Crippen LogP contribution is 2.49. The molecule has 1 unspecified atom stereocenters. The Balaban J connectivity index is 1.32. The van der Waals surface area contributed by atoms with Crippen molar-refractivity contribution in [3.05, 3.63) is 89.5 Å². The molecule has 0 radical (unpaired) electrons. The van der Waals surface area contributed by atoms with Gasteiger partial charge in [-0.3, -0.25) is 0 Å². The van der Waals surface area contributed by atoms with Gasteiger partial charge in [0.25, 0.3) is 0 Å². The molecule has 9 nitrogen and oxygen atoms in total. The van der Waals surface area contributed by atoms with Crippen LogP contribution in [0.15, 0.2) is 71.3 Å². The molecule has 0 amide bonds. The normalized spacial score (nSPS) is 14.2. The minimum absolute atomic E-state index is 0.112. The number of thioether (sulfide) groups is 1. The Morgan fingerprint density at radius 2 is 1.90 bits per heavy atom. The highest BCUT2D eigenvalue weighted by atomic mass is 32.2. The van der Waals surface area contributed by atoms with Gasteiger partial charge in [0.1, 0.15) is 17.8 Å². The second-order valence-corrected chi connectivity index (χ2v) is 11.1. The second-order valence-electron chi connectivity index (χ2n) is 8.87. The van der Waals surface area contributed by atoms with E-state index in [0.717, 1.165) is 31.2 Å². The van der Waals surface area contributed by atoms with Gasteiger partial charge >= 0.3 is 0 Å². The molecule has 1 atom stereocenters. The number of thiazole rings is 1. The molecule has 0 bridgehead atoms. The SMILES string of the molecule is COc1ccc(C2c3ccc(O)cc3Oc3ncn4nc(CSc5nc6ccccc6s5)nc4c32)cc1OC. The number of methoxy groups -OCH3 is 2. The first kappa shape index (κ1) is 23.7. The molecule has 1 N–H and O–H groups in total. The molecule has 1 aliphatic rings. The largest absolute Gasteiger partial charge is 0.508 e. The monoisotopic (exact) mass is 555 g/mol. The van der Waals surface area contributed by atoms with Crippen LogP contribution in [0.25, 0.3) is 15.9 Å². The third-order valence-electron chi connectivity index (χ3n) is 6.57. The van der Waals surface area contributed by atoms with Gasteiger partial charge in [-0.2, -0.15) is 0 Å². The number of nitrogens with zero attached hydrogens (tertiary/aromatic N) is 5. The van der Waals surface area contributed by atoms with E-state index in [1.165, 1.54) is 0 Å². The van der Waals surface area contributed by atoms with Gasteiger partial charge < -0.3 is 19.3 Å². The molecule has 11 heteroatoms. The lowest BCUT2D eigenvalue weighted by atomic mass is 9.83. The van der Waals surface area contributed by atoms with Crippen LogP contribution in [0.2, 0.25) is 0 Å². The van der Waals surface area contributed by atoms with E-state index in [-0.39, 0.29) is 11.7 Å². The zero-order valence-electron chi connectivity index (χ0n) is 20.9. The van der Waals surface area contributed by atoms with Crippen molar-refractivity contribution < 1.29 is 19.3 Å². The summed E-state index contributed by atoms with van der Waals surface area (Å²) in [6.45, 7) is 0. The Hall–Kier alpha value is -4.35. The summed E-state index contributed by atoms with van der Waals surface area (Å²) in [5, 5.41) is 14.9. The van der Waals surface area contributed by atoms with Crippen LogP contribution in [0.3, 0.4) is 0 Å². The summed E-state index contributed by atoms with van der Waals surface area (Å²) in [6, 6.07) is 19.0. The number of hydrogen-bond donors (Lipinski definition) is 1. The predicted molar refractivity (Wildman–Crippen MR) is 149 cm³/mol. The minimum Gasteiger partial charge on any atom is -0.508 e. The van der Waals surface area contributed by atoms with E-state index in [0.29, 0.717) is 40.4 Å². The summed E-state index contributed by atoms with van der Waals surface area (Å²) in [6.07, 6.45) is 1.60. The Morgan fingerprint density at radius 1 is 1.03 bits per heavy atom. The van der Waals surface area contributed by atoms with Crippen LogP contribution >= 0.6 is 23.1 Å². The first-order valence-electron chi connectivity index (χ1n) is 12.1. The maximum atomic E-state index is 10.1. The van der Waals surface area contributed by atoms with Crippen LogP contribution in [0.1, 0.15) is 28.4 Å². The predicted octanol–water partition coefficient (Wildman–Crippen LogP) is 6.04. The fourth-order valence-electron chi connectivity index (χ4n) is 4.83. The lowest BCUT2D eigenvalue weighted by Crippen LogP contribution is -2.15. The fraction of sp³-hybridized carbons (Fsp3) is 0.143. The molecular weight excluding hydrogens is 534 g/mol. The van der Waals surface area contributed by atoms with Crippen molar-refractivity contribution in [1.29, 1.82) is 0 Å². The number of hydrogen-bond acceptors (Lipinski definition) is 10. The van der Waals surface area contributed by atoms with Gasteiger partial charge in [0.05, 0.1) is 35.8 Å². The van der Waals surface area contributed by atoms with Gasteiger partial charge in [-0.25, -0.2) is 19.5 Å². The van der Waals surface area contributed by atoms with Crippen LogP contribution in [0, 0.1) is 0 Å². The maximum Gasteiger partial charge on any atom is 0.228 e. The molecule has 194 valence electrons. The van der Waals surface area contributed by atoms with Crippen molar-refractivity contribution >= 4 is 39.0 Å². The summed E-state index contributed by atoms with van der Waals surface area (Å²) in [5.74, 6) is 3.23. The van der Waals surface area contributed by atoms with E-state index >= 15 is 0 Å². The van der Waals surface area contributed by atoms with Gasteiger partial charge in [0, 0.05) is 17.5 Å². The van der Waals surface area contributed by atoms with Crippen molar-refractivity contribution in [2.75, 3.05) is 14.2 Å². The third kappa shape index (κ3) is 4.10. The van der Waals surface area contributed by atoms with Crippen LogP contribution in [0.4, 0.5) is 0 Å². The van der Waals surface area contributed by atoms with Gasteiger partial charge in [-0.15, -0.1) is 16.4 Å². The van der Waals surface area contributed by atoms with Crippen LogP contribution in [-0.2, 0) is 5.75 Å². The lowest BCUT2D eigenvalue weighted by molar-refractivity contribution is 0.354. The molecule has 0 aliphatic carbocycles. The van der Waals surface area contributed by atoms with Crippen LogP contribution < -0.4 is 14.2 Å². The van der Waals surface area contributed by atoms with Crippen molar-refractivity contribution in [2.24, 2.45) is 0 Å². The van der Waals surface area contributed by atoms with E-state index in [2.05, 4.69) is 11.1 Å². The van der Waals surface area contributed by atoms with E-state index in [1.807, 2.05) is 42.5 Å². The third-order valence-corrected chi connectivity index (χ3v) is 8.75. The number of ether oxygens (including phenoxy) is 3. The molecule has 1 aliphatic heterocycles. The smallest absolute Gasteiger partial charge is 0.228 e. The quantitative estimate of drug-likeness (QED) is 0.246. The molecule has 39 heavy (non-hydrogen) atoms. The Kier molecular flexibility index (Phi) is 5.75. The topological polar surface area (TPSA) is 104 Å². The molecule has 0 fully saturated rings. The number of rotatable bonds is 6. The first-order chi connectivity index (χ1) is 19.1. The highest BCUT2D eigenvalue weighted by Gasteiger charge is 2.34. The van der Waals surface area contributed by atoms with Crippen molar-refractivity contribution in [1.82, 2.24) is 24.6 Å². The van der Waals surface area contributed by atoms with Crippen LogP contribution in [0.5, 0.6) is 28.9 Å². The number of phenols is 1. The molecule has 0 saturated carbocycles. The van der Waals surface area contributed by atoms with E-state index in [9.17, 15) is 5.11 Å². The van der Waals surface area contributed by atoms with Gasteiger partial charge in [-0.05, 0) is 35.9 Å². The second kappa shape index (κ2) is 9.44. The zero-order valence-corrected chi connectivity index (χ0v) is 22.5. The minimum atomic E-state index is -0.297. The summed E-state index contributed by atoms with van der Waals surface area (Å²) >= 11 is 3.27. The number of aromatic nitrogens is 5. The van der Waals surface area contributed by atoms with Gasteiger partial charge in [0.15, 0.2) is 27.3 Å². The molecule has 6 aromatic rings. The molecular formula is C28H21N5O4S2. The first-order valence-corrected chi connectivity index (χ1v) is 13.9. The van der Waals surface area contributed by atoms with Gasteiger partial charge in [0.2, 0.25) is 5.88 Å². The summed E-state index contributed by atoms with van der Waals surface area (Å²) in [4.78, 5) is 14.2. The average Bonchev–Trinajstić information content (AvgIpc) is 3.58. The number of phenolic OH excluding ortho intramolecular Hbond substituents is 1. The number of aromatic hydroxyl groups is 1. The standard InChI is InChI=1S/C28H21N5O4S2/c1-35-19-10-7-15(11-21(19)36-2)24-17-9-8-16(34)12-20(17)37-27-25(24)26-31-23(32-33(26)14-29-27)13-38-28-30-18-5-3-4-6-22(18)39-28/h3-12,14,24,34H,13H2,1-2H3. The molecule has 0 saturated heterocycles. The molecule has 4 heterocycles. The Labute approximate surface area is 231 Å². The molecule has 0 spiro atoms. The molecule has 3 aromatic heterocycles. The van der Waals surface area contributed by atoms with E-state index in [4.69, 9.17) is 29.3 Å². The summed E-state index contributed by atoms with van der Waals surface area (Å²) in [5.41, 5.74) is 4.24. The molecule has 7 rings (SSSR count). The fourth-order valence-corrected chi connectivity index (χ4v) is 6.74. The van der Waals surface area contributed by atoms with Crippen molar-refractivity contribution in [3.8, 4) is 28.9 Å². The van der Waals surface area contributed by atoms with E-state index in [1.54, 1.807) is 60.3 Å². The van der Waals surface area contributed by atoms with Crippen molar-refractivity contribution in [2.45, 2.75) is 16.0 Å². The highest BCUT2D eigenvalue weighted by molar-refractivity contribution is 8.00. The Bertz CT molecular complexity index is 1840. The number of benzene rings is 3. The van der Waals surface area contributed by atoms with E-state index < -0.39 is 0 Å². The summed E-state index contributed by atoms with van der Waals surface area (Å²) < 4.78 is 21.0. The number of fused-ring (bicyclic) bond motifs is 5. The molecule has 3 aromatic carbocycles. The Morgan fingerprint density at radius 3 is 2.74 bits per heavy atom. The van der Waals surface area contributed by atoms with Gasteiger partial charge in [-0.1, -0.05) is 36.0 Å². The summed E-state index contributed by atoms with van der Waals surface area (Å²) in [7, 11) is 3.22.